The molecule has 1 nitrogen and oxygen atoms in total. The third-order valence-corrected chi connectivity index (χ3v) is 3.65. The molecule has 2 rings (SSSR count). The van der Waals surface area contributed by atoms with E-state index in [9.17, 15) is 8.78 Å². The Hall–Kier alpha value is -0.970. The summed E-state index contributed by atoms with van der Waals surface area (Å²) in [5, 5.41) is 0.347. The maximum absolute atomic E-state index is 13.2. The second-order valence-corrected chi connectivity index (χ2v) is 5.07. The van der Waals surface area contributed by atoms with Crippen molar-refractivity contribution >= 4 is 27.5 Å². The molecule has 2 aromatic rings. The van der Waals surface area contributed by atoms with Gasteiger partial charge in [0.05, 0.1) is 6.04 Å². The van der Waals surface area contributed by atoms with Gasteiger partial charge in [-0.25, -0.2) is 8.78 Å². The molecular weight excluding hydrogens is 324 g/mol. The smallest absolute Gasteiger partial charge is 0.123 e. The molecule has 0 aliphatic carbocycles. The van der Waals surface area contributed by atoms with E-state index in [1.165, 1.54) is 30.3 Å². The van der Waals surface area contributed by atoms with E-state index in [1.54, 1.807) is 6.07 Å². The summed E-state index contributed by atoms with van der Waals surface area (Å²) < 4.78 is 27.1. The Bertz CT molecular complexity index is 538. The zero-order chi connectivity index (χ0) is 13.3. The van der Waals surface area contributed by atoms with Crippen molar-refractivity contribution in [2.45, 2.75) is 6.04 Å². The van der Waals surface area contributed by atoms with Crippen molar-refractivity contribution in [3.8, 4) is 0 Å². The summed E-state index contributed by atoms with van der Waals surface area (Å²) >= 11 is 9.27. The first kappa shape index (κ1) is 13.5. The van der Waals surface area contributed by atoms with Crippen molar-refractivity contribution in [1.29, 1.82) is 0 Å². The Morgan fingerprint density at radius 2 is 1.56 bits per heavy atom. The van der Waals surface area contributed by atoms with Crippen molar-refractivity contribution in [2.24, 2.45) is 5.73 Å². The van der Waals surface area contributed by atoms with Gasteiger partial charge in [0.1, 0.15) is 11.6 Å². The molecule has 1 unspecified atom stereocenters. The standard InChI is InChI=1S/C13H9BrClF2N/c14-11-3-1-7(16)5-9(11)13(18)10-6-8(17)2-4-12(10)15/h1-6,13H,18H2. The monoisotopic (exact) mass is 331 g/mol. The molecule has 0 aliphatic rings. The van der Waals surface area contributed by atoms with Gasteiger partial charge < -0.3 is 5.73 Å². The Kier molecular flexibility index (Phi) is 4.00. The molecule has 5 heteroatoms. The fourth-order valence-corrected chi connectivity index (χ4v) is 2.40. The van der Waals surface area contributed by atoms with Crippen LogP contribution in [-0.2, 0) is 0 Å². The van der Waals surface area contributed by atoms with E-state index < -0.39 is 17.7 Å². The van der Waals surface area contributed by atoms with Crippen LogP contribution in [0.3, 0.4) is 0 Å². The molecule has 2 aromatic carbocycles. The lowest BCUT2D eigenvalue weighted by molar-refractivity contribution is 0.619. The number of benzene rings is 2. The molecule has 1 atom stereocenters. The number of halogens is 4. The summed E-state index contributed by atoms with van der Waals surface area (Å²) in [6.07, 6.45) is 0. The van der Waals surface area contributed by atoms with Gasteiger partial charge in [0, 0.05) is 9.50 Å². The predicted molar refractivity (Wildman–Crippen MR) is 71.5 cm³/mol. The van der Waals surface area contributed by atoms with E-state index in [4.69, 9.17) is 17.3 Å². The van der Waals surface area contributed by atoms with Crippen LogP contribution in [0.5, 0.6) is 0 Å². The molecule has 2 N–H and O–H groups in total. The van der Waals surface area contributed by atoms with Crippen LogP contribution >= 0.6 is 27.5 Å². The minimum atomic E-state index is -0.696. The first-order valence-corrected chi connectivity index (χ1v) is 6.31. The molecule has 0 radical (unpaired) electrons. The maximum Gasteiger partial charge on any atom is 0.123 e. The molecule has 0 saturated heterocycles. The van der Waals surface area contributed by atoms with Crippen LogP contribution in [0.25, 0.3) is 0 Å². The first-order valence-electron chi connectivity index (χ1n) is 5.14. The molecule has 0 bridgehead atoms. The van der Waals surface area contributed by atoms with Crippen molar-refractivity contribution < 1.29 is 8.78 Å². The normalized spacial score (nSPS) is 12.5. The molecular formula is C13H9BrClF2N. The van der Waals surface area contributed by atoms with E-state index in [0.29, 0.717) is 20.6 Å². The Labute approximate surface area is 117 Å². The van der Waals surface area contributed by atoms with E-state index in [2.05, 4.69) is 15.9 Å². The Morgan fingerprint density at radius 1 is 1.00 bits per heavy atom. The molecule has 0 spiro atoms. The molecule has 0 fully saturated rings. The summed E-state index contributed by atoms with van der Waals surface area (Å²) in [5.74, 6) is -0.839. The van der Waals surface area contributed by atoms with Gasteiger partial charge >= 0.3 is 0 Å². The Morgan fingerprint density at radius 3 is 2.22 bits per heavy atom. The topological polar surface area (TPSA) is 26.0 Å². The van der Waals surface area contributed by atoms with E-state index in [1.807, 2.05) is 0 Å². The predicted octanol–water partition coefficient (Wildman–Crippen LogP) is 4.43. The number of hydrogen-bond acceptors (Lipinski definition) is 1. The van der Waals surface area contributed by atoms with Crippen LogP contribution in [0.15, 0.2) is 40.9 Å². The quantitative estimate of drug-likeness (QED) is 0.865. The van der Waals surface area contributed by atoms with Gasteiger partial charge in [0.15, 0.2) is 0 Å². The van der Waals surface area contributed by atoms with Crippen LogP contribution in [0, 0.1) is 11.6 Å². The van der Waals surface area contributed by atoms with Gasteiger partial charge in [-0.3, -0.25) is 0 Å². The maximum atomic E-state index is 13.2. The van der Waals surface area contributed by atoms with Crippen molar-refractivity contribution in [2.75, 3.05) is 0 Å². The third kappa shape index (κ3) is 2.71. The first-order chi connectivity index (χ1) is 8.49. The second kappa shape index (κ2) is 5.34. The molecule has 94 valence electrons. The third-order valence-electron chi connectivity index (χ3n) is 2.59. The van der Waals surface area contributed by atoms with Crippen molar-refractivity contribution in [3.05, 3.63) is 68.7 Å². The summed E-state index contributed by atoms with van der Waals surface area (Å²) in [5.41, 5.74) is 6.94. The number of nitrogens with two attached hydrogens (primary N) is 1. The van der Waals surface area contributed by atoms with Gasteiger partial charge in [-0.15, -0.1) is 0 Å². The summed E-state index contributed by atoms with van der Waals surface area (Å²) in [4.78, 5) is 0. The minimum Gasteiger partial charge on any atom is -0.320 e. The van der Waals surface area contributed by atoms with Gasteiger partial charge in [-0.2, -0.15) is 0 Å². The molecule has 0 saturated carbocycles. The fraction of sp³-hybridized carbons (Fsp3) is 0.0769. The lowest BCUT2D eigenvalue weighted by Crippen LogP contribution is -2.13. The average molecular weight is 333 g/mol. The van der Waals surface area contributed by atoms with Crippen LogP contribution < -0.4 is 5.73 Å². The van der Waals surface area contributed by atoms with Gasteiger partial charge in [0.2, 0.25) is 0 Å². The van der Waals surface area contributed by atoms with Crippen molar-refractivity contribution in [3.63, 3.8) is 0 Å². The van der Waals surface area contributed by atoms with Crippen LogP contribution in [0.4, 0.5) is 8.78 Å². The molecule has 0 aliphatic heterocycles. The highest BCUT2D eigenvalue weighted by molar-refractivity contribution is 9.10. The van der Waals surface area contributed by atoms with Gasteiger partial charge in [0.25, 0.3) is 0 Å². The zero-order valence-electron chi connectivity index (χ0n) is 9.13. The average Bonchev–Trinajstić information content (AvgIpc) is 2.34. The molecule has 18 heavy (non-hydrogen) atoms. The highest BCUT2D eigenvalue weighted by atomic mass is 79.9. The number of rotatable bonds is 2. The lowest BCUT2D eigenvalue weighted by Gasteiger charge is -2.16. The minimum absolute atomic E-state index is 0.347. The van der Waals surface area contributed by atoms with Crippen LogP contribution in [0.2, 0.25) is 5.02 Å². The van der Waals surface area contributed by atoms with Gasteiger partial charge in [-0.05, 0) is 47.5 Å². The molecule has 0 amide bonds. The van der Waals surface area contributed by atoms with E-state index in [-0.39, 0.29) is 0 Å². The second-order valence-electron chi connectivity index (χ2n) is 3.81. The fourth-order valence-electron chi connectivity index (χ4n) is 1.67. The summed E-state index contributed by atoms with van der Waals surface area (Å²) in [6.45, 7) is 0. The lowest BCUT2D eigenvalue weighted by atomic mass is 9.99. The zero-order valence-corrected chi connectivity index (χ0v) is 11.5. The molecule has 0 aromatic heterocycles. The molecule has 0 heterocycles. The van der Waals surface area contributed by atoms with Crippen LogP contribution in [0.1, 0.15) is 17.2 Å². The van der Waals surface area contributed by atoms with Crippen molar-refractivity contribution in [1.82, 2.24) is 0 Å². The van der Waals surface area contributed by atoms with Crippen LogP contribution in [-0.4, -0.2) is 0 Å². The van der Waals surface area contributed by atoms with E-state index in [0.717, 1.165) is 0 Å². The number of hydrogen-bond donors (Lipinski definition) is 1. The highest BCUT2D eigenvalue weighted by Crippen LogP contribution is 2.31. The summed E-state index contributed by atoms with van der Waals surface area (Å²) in [6, 6.07) is 7.41. The van der Waals surface area contributed by atoms with E-state index >= 15 is 0 Å². The highest BCUT2D eigenvalue weighted by Gasteiger charge is 2.16. The largest absolute Gasteiger partial charge is 0.320 e. The van der Waals surface area contributed by atoms with Gasteiger partial charge in [-0.1, -0.05) is 27.5 Å². The summed E-state index contributed by atoms with van der Waals surface area (Å²) in [7, 11) is 0. The SMILES string of the molecule is NC(c1cc(F)ccc1Cl)c1cc(F)ccc1Br. The Balaban J connectivity index is 2.50.